The fourth-order valence-corrected chi connectivity index (χ4v) is 4.81. The summed E-state index contributed by atoms with van der Waals surface area (Å²) in [6, 6.07) is 3.90. The van der Waals surface area contributed by atoms with Gasteiger partial charge in [0, 0.05) is 35.9 Å². The summed E-state index contributed by atoms with van der Waals surface area (Å²) in [7, 11) is 0. The van der Waals surface area contributed by atoms with Gasteiger partial charge in [0.2, 0.25) is 5.91 Å². The van der Waals surface area contributed by atoms with Crippen LogP contribution in [0.15, 0.2) is 42.9 Å². The van der Waals surface area contributed by atoms with Crippen molar-refractivity contribution in [3.63, 3.8) is 0 Å². The molecule has 0 radical (unpaired) electrons. The molecular weight excluding hydrogens is 362 g/mol. The van der Waals surface area contributed by atoms with Gasteiger partial charge < -0.3 is 10.1 Å². The minimum atomic E-state index is -0.0901. The van der Waals surface area contributed by atoms with Crippen LogP contribution in [0.1, 0.15) is 18.4 Å². The summed E-state index contributed by atoms with van der Waals surface area (Å²) in [5.41, 5.74) is 2.75. The van der Waals surface area contributed by atoms with E-state index in [0.717, 1.165) is 36.1 Å². The number of carbonyl (C=O) groups excluding carboxylic acids is 1. The number of ether oxygens (including phenoxy) is 1. The van der Waals surface area contributed by atoms with Crippen molar-refractivity contribution in [3.05, 3.63) is 53.5 Å². The van der Waals surface area contributed by atoms with Crippen LogP contribution in [0.25, 0.3) is 11.3 Å². The lowest BCUT2D eigenvalue weighted by atomic mass is 9.93. The molecule has 2 aliphatic carbocycles. The molecule has 1 N–H and O–H groups in total. The molecule has 138 valence electrons. The highest BCUT2D eigenvalue weighted by Crippen LogP contribution is 2.43. The van der Waals surface area contributed by atoms with Crippen LogP contribution < -0.4 is 10.1 Å². The van der Waals surface area contributed by atoms with Gasteiger partial charge in [0.05, 0.1) is 23.5 Å². The van der Waals surface area contributed by atoms with E-state index in [4.69, 9.17) is 16.3 Å². The van der Waals surface area contributed by atoms with Gasteiger partial charge in [-0.1, -0.05) is 23.8 Å². The lowest BCUT2D eigenvalue weighted by molar-refractivity contribution is -0.126. The van der Waals surface area contributed by atoms with Gasteiger partial charge in [-0.3, -0.25) is 14.8 Å². The normalized spacial score (nSPS) is 27.4. The van der Waals surface area contributed by atoms with Gasteiger partial charge in [-0.15, -0.1) is 0 Å². The fraction of sp³-hybridized carbons (Fsp3) is 0.381. The summed E-state index contributed by atoms with van der Waals surface area (Å²) in [4.78, 5) is 21.0. The van der Waals surface area contributed by atoms with E-state index in [0.29, 0.717) is 29.2 Å². The average Bonchev–Trinajstić information content (AvgIpc) is 3.42. The molecule has 0 unspecified atom stereocenters. The zero-order chi connectivity index (χ0) is 18.4. The molecule has 1 aromatic heterocycles. The van der Waals surface area contributed by atoms with E-state index in [2.05, 4.69) is 27.4 Å². The second-order valence-electron chi connectivity index (χ2n) is 7.61. The molecule has 1 aliphatic heterocycles. The molecule has 0 saturated heterocycles. The summed E-state index contributed by atoms with van der Waals surface area (Å²) in [6.07, 6.45) is 12.2. The summed E-state index contributed by atoms with van der Waals surface area (Å²) in [5.74, 6) is 2.00. The van der Waals surface area contributed by atoms with Gasteiger partial charge in [0.1, 0.15) is 11.9 Å². The van der Waals surface area contributed by atoms with E-state index in [1.54, 1.807) is 18.6 Å². The molecule has 4 atom stereocenters. The Morgan fingerprint density at radius 1 is 1.26 bits per heavy atom. The van der Waals surface area contributed by atoms with Gasteiger partial charge in [-0.2, -0.15) is 0 Å². The Balaban J connectivity index is 1.25. The van der Waals surface area contributed by atoms with Crippen LogP contribution in [0.5, 0.6) is 5.75 Å². The topological polar surface area (TPSA) is 64.1 Å². The Kier molecular flexibility index (Phi) is 4.12. The molecule has 1 amide bonds. The zero-order valence-electron chi connectivity index (χ0n) is 14.8. The molecule has 2 heterocycles. The predicted molar refractivity (Wildman–Crippen MR) is 102 cm³/mol. The maximum absolute atomic E-state index is 12.5. The third-order valence-electron chi connectivity index (χ3n) is 5.83. The largest absolute Gasteiger partial charge is 0.486 e. The number of aromatic nitrogens is 2. The van der Waals surface area contributed by atoms with E-state index in [9.17, 15) is 4.79 Å². The van der Waals surface area contributed by atoms with E-state index in [1.165, 1.54) is 0 Å². The minimum Gasteiger partial charge on any atom is -0.486 e. The smallest absolute Gasteiger partial charge is 0.223 e. The van der Waals surface area contributed by atoms with E-state index in [1.807, 2.05) is 12.1 Å². The summed E-state index contributed by atoms with van der Waals surface area (Å²) >= 11 is 6.43. The third-order valence-corrected chi connectivity index (χ3v) is 6.11. The molecular formula is C21H20ClN3O2. The number of allylic oxidation sites excluding steroid dienone is 2. The molecule has 2 bridgehead atoms. The molecule has 0 spiro atoms. The van der Waals surface area contributed by atoms with Crippen LogP contribution in [-0.2, 0) is 11.2 Å². The molecule has 5 rings (SSSR count). The Labute approximate surface area is 162 Å². The van der Waals surface area contributed by atoms with E-state index >= 15 is 0 Å². The number of rotatable bonds is 4. The first kappa shape index (κ1) is 16.8. The van der Waals surface area contributed by atoms with E-state index < -0.39 is 0 Å². The quantitative estimate of drug-likeness (QED) is 0.824. The minimum absolute atomic E-state index is 0.0901. The van der Waals surface area contributed by atoms with Gasteiger partial charge in [-0.25, -0.2) is 0 Å². The molecule has 3 aliphatic rings. The fourth-order valence-electron chi connectivity index (χ4n) is 4.53. The second-order valence-corrected chi connectivity index (χ2v) is 8.02. The van der Waals surface area contributed by atoms with Crippen LogP contribution >= 0.6 is 11.6 Å². The molecule has 6 heteroatoms. The number of nitrogens with zero attached hydrogens (tertiary/aromatic N) is 2. The Morgan fingerprint density at radius 3 is 2.93 bits per heavy atom. The Hall–Kier alpha value is -2.40. The summed E-state index contributed by atoms with van der Waals surface area (Å²) in [6.45, 7) is 0.502. The summed E-state index contributed by atoms with van der Waals surface area (Å²) in [5, 5.41) is 3.66. The van der Waals surface area contributed by atoms with Crippen molar-refractivity contribution in [3.8, 4) is 17.0 Å². The molecule has 1 aromatic carbocycles. The highest BCUT2D eigenvalue weighted by Gasteiger charge is 2.40. The monoisotopic (exact) mass is 381 g/mol. The number of amides is 1. The lowest BCUT2D eigenvalue weighted by Crippen LogP contribution is -2.39. The zero-order valence-corrected chi connectivity index (χ0v) is 15.5. The van der Waals surface area contributed by atoms with Crippen molar-refractivity contribution in [1.82, 2.24) is 15.3 Å². The molecule has 27 heavy (non-hydrogen) atoms. The molecule has 5 nitrogen and oxygen atoms in total. The van der Waals surface area contributed by atoms with Gasteiger partial charge in [-0.05, 0) is 36.8 Å². The predicted octanol–water partition coefficient (Wildman–Crippen LogP) is 3.43. The first-order chi connectivity index (χ1) is 13.2. The number of halogens is 1. The number of carbonyl (C=O) groups is 1. The van der Waals surface area contributed by atoms with E-state index in [-0.39, 0.29) is 17.9 Å². The van der Waals surface area contributed by atoms with Crippen molar-refractivity contribution in [2.75, 3.05) is 6.54 Å². The molecule has 1 saturated carbocycles. The van der Waals surface area contributed by atoms with Crippen LogP contribution in [0, 0.1) is 17.8 Å². The van der Waals surface area contributed by atoms with Gasteiger partial charge in [0.25, 0.3) is 0 Å². The third kappa shape index (κ3) is 3.10. The Morgan fingerprint density at radius 2 is 2.19 bits per heavy atom. The number of hydrogen-bond acceptors (Lipinski definition) is 4. The van der Waals surface area contributed by atoms with Crippen LogP contribution in [0.3, 0.4) is 0 Å². The SMILES string of the molecule is O=C(NC[C@@H]1Cc2cc(-c3cnccn3)cc(Cl)c2O1)[C@@H]1C[C@@H]2C=C[C@H]1C2. The van der Waals surface area contributed by atoms with Crippen molar-refractivity contribution < 1.29 is 9.53 Å². The maximum atomic E-state index is 12.5. The lowest BCUT2D eigenvalue weighted by Gasteiger charge is -2.19. The second kappa shape index (κ2) is 6.64. The number of fused-ring (bicyclic) bond motifs is 3. The maximum Gasteiger partial charge on any atom is 0.223 e. The number of nitrogens with one attached hydrogen (secondary N) is 1. The highest BCUT2D eigenvalue weighted by molar-refractivity contribution is 6.32. The van der Waals surface area contributed by atoms with Gasteiger partial charge >= 0.3 is 0 Å². The number of benzene rings is 1. The van der Waals surface area contributed by atoms with Crippen molar-refractivity contribution in [1.29, 1.82) is 0 Å². The molecule has 2 aromatic rings. The highest BCUT2D eigenvalue weighted by atomic mass is 35.5. The van der Waals surface area contributed by atoms with Gasteiger partial charge in [0.15, 0.2) is 0 Å². The molecule has 1 fully saturated rings. The summed E-state index contributed by atoms with van der Waals surface area (Å²) < 4.78 is 6.01. The van der Waals surface area contributed by atoms with Crippen LogP contribution in [-0.4, -0.2) is 28.5 Å². The first-order valence-corrected chi connectivity index (χ1v) is 9.76. The van der Waals surface area contributed by atoms with Crippen LogP contribution in [0.4, 0.5) is 0 Å². The van der Waals surface area contributed by atoms with Crippen LogP contribution in [0.2, 0.25) is 5.02 Å². The first-order valence-electron chi connectivity index (χ1n) is 9.39. The number of hydrogen-bond donors (Lipinski definition) is 1. The average molecular weight is 382 g/mol. The van der Waals surface area contributed by atoms with Crippen molar-refractivity contribution in [2.24, 2.45) is 17.8 Å². The Bertz CT molecular complexity index is 915. The van der Waals surface area contributed by atoms with Crippen molar-refractivity contribution in [2.45, 2.75) is 25.4 Å². The standard InChI is InChI=1S/C21H20ClN3O2/c22-18-9-14(19-11-23-3-4-24-19)7-15-8-16(27-20(15)18)10-25-21(26)17-6-12-1-2-13(17)5-12/h1-4,7,9,11-13,16-17H,5-6,8,10H2,(H,25,26)/t12-,13+,16+,17-/m1/s1. The van der Waals surface area contributed by atoms with Crippen molar-refractivity contribution >= 4 is 17.5 Å².